The van der Waals surface area contributed by atoms with E-state index in [1.807, 2.05) is 6.07 Å². The number of amides is 1. The summed E-state index contributed by atoms with van der Waals surface area (Å²) in [6, 6.07) is 4.87. The van der Waals surface area contributed by atoms with Crippen molar-refractivity contribution in [2.45, 2.75) is 37.6 Å². The van der Waals surface area contributed by atoms with Gasteiger partial charge in [0.25, 0.3) is 0 Å². The Morgan fingerprint density at radius 3 is 2.55 bits per heavy atom. The molecular formula is C15H23N3O3S. The first-order chi connectivity index (χ1) is 10.3. The topological polar surface area (TPSA) is 92.5 Å². The number of sulfonamides is 1. The van der Waals surface area contributed by atoms with Crippen LogP contribution in [0.25, 0.3) is 0 Å². The molecule has 1 atom stereocenters. The van der Waals surface area contributed by atoms with Crippen LogP contribution in [0.1, 0.15) is 25.0 Å². The van der Waals surface area contributed by atoms with Gasteiger partial charge in [0.2, 0.25) is 15.9 Å². The Morgan fingerprint density at radius 2 is 1.95 bits per heavy atom. The molecule has 0 unspecified atom stereocenters. The van der Waals surface area contributed by atoms with E-state index in [9.17, 15) is 13.2 Å². The van der Waals surface area contributed by atoms with Gasteiger partial charge in [0.1, 0.15) is 0 Å². The zero-order valence-corrected chi connectivity index (χ0v) is 13.8. The van der Waals surface area contributed by atoms with Gasteiger partial charge in [-0.2, -0.15) is 0 Å². The zero-order chi connectivity index (χ0) is 16.3. The molecule has 6 nitrogen and oxygen atoms in total. The summed E-state index contributed by atoms with van der Waals surface area (Å²) in [5.74, 6) is 0.0547. The van der Waals surface area contributed by atoms with Gasteiger partial charge in [0.05, 0.1) is 4.90 Å². The molecule has 0 bridgehead atoms. The predicted octanol–water partition coefficient (Wildman–Crippen LogP) is 0.259. The molecule has 0 radical (unpaired) electrons. The van der Waals surface area contributed by atoms with Gasteiger partial charge >= 0.3 is 0 Å². The van der Waals surface area contributed by atoms with Crippen molar-refractivity contribution >= 4 is 15.9 Å². The van der Waals surface area contributed by atoms with Gasteiger partial charge in [0.15, 0.2) is 0 Å². The van der Waals surface area contributed by atoms with Crippen LogP contribution in [0.5, 0.6) is 0 Å². The molecule has 1 aromatic rings. The van der Waals surface area contributed by atoms with Crippen LogP contribution >= 0.6 is 0 Å². The van der Waals surface area contributed by atoms with Crippen molar-refractivity contribution in [2.24, 2.45) is 5.73 Å². The number of nitrogens with one attached hydrogen (secondary N) is 1. The summed E-state index contributed by atoms with van der Waals surface area (Å²) in [6.45, 7) is 4.84. The summed E-state index contributed by atoms with van der Waals surface area (Å²) >= 11 is 0. The van der Waals surface area contributed by atoms with Crippen molar-refractivity contribution in [1.82, 2.24) is 9.62 Å². The maximum absolute atomic E-state index is 12.3. The van der Waals surface area contributed by atoms with Crippen LogP contribution in [0.4, 0.5) is 0 Å². The van der Waals surface area contributed by atoms with Crippen molar-refractivity contribution in [3.05, 3.63) is 29.3 Å². The molecule has 122 valence electrons. The molecule has 0 saturated carbocycles. The highest BCUT2D eigenvalue weighted by Crippen LogP contribution is 2.20. The molecule has 22 heavy (non-hydrogen) atoms. The van der Waals surface area contributed by atoms with Crippen LogP contribution in [-0.2, 0) is 27.7 Å². The standard InChI is InChI=1S/C15H23N3O3S/c1-11(10-16)17-22(20,21)15-4-3-13-5-7-18(12(2)19)8-6-14(13)9-15/h3-4,9,11,17H,5-8,10,16H2,1-2H3/t11-/m1/s1. The van der Waals surface area contributed by atoms with E-state index in [4.69, 9.17) is 5.73 Å². The van der Waals surface area contributed by atoms with Gasteiger partial charge in [-0.3, -0.25) is 4.79 Å². The molecule has 1 aliphatic heterocycles. The molecule has 0 saturated heterocycles. The molecule has 0 aromatic heterocycles. The number of fused-ring (bicyclic) bond motifs is 1. The quantitative estimate of drug-likeness (QED) is 0.830. The summed E-state index contributed by atoms with van der Waals surface area (Å²) in [5.41, 5.74) is 7.57. The lowest BCUT2D eigenvalue weighted by Crippen LogP contribution is -2.37. The third-order valence-electron chi connectivity index (χ3n) is 3.95. The zero-order valence-electron chi connectivity index (χ0n) is 13.0. The normalized spacial score (nSPS) is 16.8. The fourth-order valence-corrected chi connectivity index (χ4v) is 3.87. The fourth-order valence-electron chi connectivity index (χ4n) is 2.56. The lowest BCUT2D eigenvalue weighted by Gasteiger charge is -2.17. The molecule has 7 heteroatoms. The van der Waals surface area contributed by atoms with Crippen molar-refractivity contribution in [3.63, 3.8) is 0 Å². The molecular weight excluding hydrogens is 302 g/mol. The number of hydrogen-bond donors (Lipinski definition) is 2. The van der Waals surface area contributed by atoms with E-state index in [1.54, 1.807) is 30.9 Å². The molecule has 0 fully saturated rings. The second-order valence-corrected chi connectivity index (χ2v) is 7.41. The largest absolute Gasteiger partial charge is 0.342 e. The van der Waals surface area contributed by atoms with Crippen LogP contribution in [0.15, 0.2) is 23.1 Å². The number of hydrogen-bond acceptors (Lipinski definition) is 4. The van der Waals surface area contributed by atoms with Crippen LogP contribution < -0.4 is 10.5 Å². The van der Waals surface area contributed by atoms with E-state index >= 15 is 0 Å². The number of carbonyl (C=O) groups is 1. The summed E-state index contributed by atoms with van der Waals surface area (Å²) in [6.07, 6.45) is 1.42. The number of carbonyl (C=O) groups excluding carboxylic acids is 1. The third kappa shape index (κ3) is 3.85. The Kier molecular flexibility index (Phi) is 5.20. The minimum Gasteiger partial charge on any atom is -0.342 e. The number of nitrogens with two attached hydrogens (primary N) is 1. The van der Waals surface area contributed by atoms with Crippen molar-refractivity contribution < 1.29 is 13.2 Å². The van der Waals surface area contributed by atoms with Gasteiger partial charge in [0, 0.05) is 32.6 Å². The van der Waals surface area contributed by atoms with Crippen LogP contribution in [0.2, 0.25) is 0 Å². The molecule has 1 amide bonds. The van der Waals surface area contributed by atoms with Gasteiger partial charge in [-0.05, 0) is 43.0 Å². The minimum atomic E-state index is -3.56. The van der Waals surface area contributed by atoms with Crippen LogP contribution in [-0.4, -0.2) is 44.9 Å². The molecule has 0 aliphatic carbocycles. The maximum atomic E-state index is 12.3. The molecule has 2 rings (SSSR count). The first-order valence-electron chi connectivity index (χ1n) is 7.43. The Labute approximate surface area is 131 Å². The van der Waals surface area contributed by atoms with E-state index in [1.165, 1.54) is 0 Å². The van der Waals surface area contributed by atoms with Gasteiger partial charge in [-0.25, -0.2) is 13.1 Å². The van der Waals surface area contributed by atoms with Gasteiger partial charge in [-0.1, -0.05) is 6.07 Å². The second-order valence-electron chi connectivity index (χ2n) is 5.69. The number of benzene rings is 1. The second kappa shape index (κ2) is 6.76. The van der Waals surface area contributed by atoms with Gasteiger partial charge in [-0.15, -0.1) is 0 Å². The van der Waals surface area contributed by atoms with E-state index in [2.05, 4.69) is 4.72 Å². The van der Waals surface area contributed by atoms with E-state index in [0.29, 0.717) is 19.5 Å². The first-order valence-corrected chi connectivity index (χ1v) is 8.91. The van der Waals surface area contributed by atoms with Crippen LogP contribution in [0.3, 0.4) is 0 Å². The Hall–Kier alpha value is -1.44. The van der Waals surface area contributed by atoms with E-state index in [0.717, 1.165) is 17.5 Å². The predicted molar refractivity (Wildman–Crippen MR) is 84.9 cm³/mol. The lowest BCUT2D eigenvalue weighted by atomic mass is 10.0. The van der Waals surface area contributed by atoms with E-state index in [-0.39, 0.29) is 23.4 Å². The Bertz CT molecular complexity index is 658. The highest BCUT2D eigenvalue weighted by molar-refractivity contribution is 7.89. The van der Waals surface area contributed by atoms with Crippen LogP contribution in [0, 0.1) is 0 Å². The first kappa shape index (κ1) is 16.9. The average Bonchev–Trinajstić information content (AvgIpc) is 2.68. The van der Waals surface area contributed by atoms with E-state index < -0.39 is 10.0 Å². The number of rotatable bonds is 4. The Balaban J connectivity index is 2.24. The maximum Gasteiger partial charge on any atom is 0.240 e. The summed E-state index contributed by atoms with van der Waals surface area (Å²) < 4.78 is 27.2. The van der Waals surface area contributed by atoms with Gasteiger partial charge < -0.3 is 10.6 Å². The molecule has 1 aromatic carbocycles. The molecule has 1 heterocycles. The molecule has 0 spiro atoms. The summed E-state index contributed by atoms with van der Waals surface area (Å²) in [4.78, 5) is 13.5. The lowest BCUT2D eigenvalue weighted by molar-refractivity contribution is -0.128. The van der Waals surface area contributed by atoms with Crippen molar-refractivity contribution in [3.8, 4) is 0 Å². The summed E-state index contributed by atoms with van der Waals surface area (Å²) in [7, 11) is -3.56. The minimum absolute atomic E-state index is 0.0547. The highest BCUT2D eigenvalue weighted by atomic mass is 32.2. The molecule has 1 aliphatic rings. The average molecular weight is 325 g/mol. The number of nitrogens with zero attached hydrogens (tertiary/aromatic N) is 1. The monoisotopic (exact) mass is 325 g/mol. The third-order valence-corrected chi connectivity index (χ3v) is 5.53. The smallest absolute Gasteiger partial charge is 0.240 e. The highest BCUT2D eigenvalue weighted by Gasteiger charge is 2.20. The van der Waals surface area contributed by atoms with Crippen molar-refractivity contribution in [1.29, 1.82) is 0 Å². The Morgan fingerprint density at radius 1 is 1.32 bits per heavy atom. The molecule has 3 N–H and O–H groups in total. The fraction of sp³-hybridized carbons (Fsp3) is 0.533. The van der Waals surface area contributed by atoms with Crippen molar-refractivity contribution in [2.75, 3.05) is 19.6 Å². The SMILES string of the molecule is CC(=O)N1CCc2ccc(S(=O)(=O)N[C@H](C)CN)cc2CC1. The summed E-state index contributed by atoms with van der Waals surface area (Å²) in [5, 5.41) is 0.